The van der Waals surface area contributed by atoms with E-state index in [4.69, 9.17) is 21.7 Å². The van der Waals surface area contributed by atoms with E-state index in [-0.39, 0.29) is 24.6 Å². The minimum atomic E-state index is -0.268. The van der Waals surface area contributed by atoms with Crippen LogP contribution in [0.1, 0.15) is 29.2 Å². The standard InChI is InChI=1S/C24H27N5O3S/c1-15-8-10-19(28(15)2)23-22(17-7-5-6-12-25-17)27-24(33)29(23)16-9-11-20(32-4)18(13-16)26-21(30)14-31-3/h5-13,22-23H,14H2,1-4H3,(H,26,30)(H,27,33). The number of amides is 1. The Bertz CT molecular complexity index is 1160. The molecule has 9 heteroatoms. The first kappa shape index (κ1) is 22.8. The number of nitrogens with one attached hydrogen (secondary N) is 2. The van der Waals surface area contributed by atoms with Crippen LogP contribution in [0, 0.1) is 6.92 Å². The zero-order chi connectivity index (χ0) is 23.5. The molecular weight excluding hydrogens is 438 g/mol. The molecule has 3 heterocycles. The molecule has 1 aliphatic rings. The highest BCUT2D eigenvalue weighted by molar-refractivity contribution is 7.80. The Labute approximate surface area is 198 Å². The van der Waals surface area contributed by atoms with E-state index < -0.39 is 0 Å². The van der Waals surface area contributed by atoms with Crippen LogP contribution < -0.4 is 20.3 Å². The van der Waals surface area contributed by atoms with E-state index in [2.05, 4.69) is 44.1 Å². The molecule has 0 aliphatic carbocycles. The maximum absolute atomic E-state index is 12.2. The van der Waals surface area contributed by atoms with Crippen LogP contribution in [0.3, 0.4) is 0 Å². The number of hydrogen-bond donors (Lipinski definition) is 2. The van der Waals surface area contributed by atoms with Crippen molar-refractivity contribution in [2.24, 2.45) is 7.05 Å². The quantitative estimate of drug-likeness (QED) is 0.517. The van der Waals surface area contributed by atoms with Crippen molar-refractivity contribution in [3.63, 3.8) is 0 Å². The summed E-state index contributed by atoms with van der Waals surface area (Å²) in [7, 11) is 5.09. The Balaban J connectivity index is 1.80. The normalized spacial score (nSPS) is 17.7. The van der Waals surface area contributed by atoms with E-state index >= 15 is 0 Å². The molecule has 172 valence electrons. The van der Waals surface area contributed by atoms with Gasteiger partial charge in [-0.2, -0.15) is 0 Å². The van der Waals surface area contributed by atoms with Crippen LogP contribution in [0.5, 0.6) is 5.75 Å². The van der Waals surface area contributed by atoms with Gasteiger partial charge >= 0.3 is 0 Å². The second-order valence-corrected chi connectivity index (χ2v) is 8.21. The van der Waals surface area contributed by atoms with Crippen molar-refractivity contribution in [1.29, 1.82) is 0 Å². The highest BCUT2D eigenvalue weighted by atomic mass is 32.1. The Morgan fingerprint density at radius 1 is 1.21 bits per heavy atom. The van der Waals surface area contributed by atoms with E-state index in [1.807, 2.05) is 43.4 Å². The smallest absolute Gasteiger partial charge is 0.250 e. The number of thiocarbonyl (C=S) groups is 1. The van der Waals surface area contributed by atoms with Crippen molar-refractivity contribution in [2.75, 3.05) is 31.0 Å². The average Bonchev–Trinajstić information content (AvgIpc) is 3.33. The molecule has 8 nitrogen and oxygen atoms in total. The van der Waals surface area contributed by atoms with E-state index in [1.54, 1.807) is 13.3 Å². The van der Waals surface area contributed by atoms with Crippen LogP contribution in [-0.2, 0) is 16.6 Å². The summed E-state index contributed by atoms with van der Waals surface area (Å²) in [6, 6.07) is 15.4. The van der Waals surface area contributed by atoms with Gasteiger partial charge in [-0.25, -0.2) is 0 Å². The first-order valence-corrected chi connectivity index (χ1v) is 10.9. The second kappa shape index (κ2) is 9.60. The fourth-order valence-corrected chi connectivity index (χ4v) is 4.47. The summed E-state index contributed by atoms with van der Waals surface area (Å²) in [4.78, 5) is 18.8. The van der Waals surface area contributed by atoms with Crippen molar-refractivity contribution in [2.45, 2.75) is 19.0 Å². The van der Waals surface area contributed by atoms with Crippen molar-refractivity contribution >= 4 is 34.6 Å². The van der Waals surface area contributed by atoms with Gasteiger partial charge in [0.05, 0.1) is 24.5 Å². The molecule has 2 aromatic heterocycles. The van der Waals surface area contributed by atoms with Gasteiger partial charge in [-0.3, -0.25) is 9.78 Å². The fraction of sp³-hybridized carbons (Fsp3) is 0.292. The number of methoxy groups -OCH3 is 2. The molecule has 1 fully saturated rings. The summed E-state index contributed by atoms with van der Waals surface area (Å²) in [5.41, 5.74) is 4.50. The predicted octanol–water partition coefficient (Wildman–Crippen LogP) is 3.50. The molecule has 0 spiro atoms. The number of anilines is 2. The van der Waals surface area contributed by atoms with E-state index in [9.17, 15) is 4.79 Å². The van der Waals surface area contributed by atoms with Crippen LogP contribution >= 0.6 is 12.2 Å². The lowest BCUT2D eigenvalue weighted by molar-refractivity contribution is -0.119. The maximum Gasteiger partial charge on any atom is 0.250 e. The summed E-state index contributed by atoms with van der Waals surface area (Å²) in [6.45, 7) is 2.02. The highest BCUT2D eigenvalue weighted by Crippen LogP contribution is 2.43. The molecule has 3 aromatic rings. The van der Waals surface area contributed by atoms with E-state index in [0.29, 0.717) is 16.5 Å². The number of nitrogens with zero attached hydrogens (tertiary/aromatic N) is 3. The second-order valence-electron chi connectivity index (χ2n) is 7.82. The maximum atomic E-state index is 12.2. The van der Waals surface area contributed by atoms with Crippen LogP contribution in [-0.4, -0.2) is 41.4 Å². The average molecular weight is 466 g/mol. The third-order valence-corrected chi connectivity index (χ3v) is 6.14. The minimum absolute atomic E-state index is 0.0515. The molecule has 0 saturated carbocycles. The summed E-state index contributed by atoms with van der Waals surface area (Å²) in [6.07, 6.45) is 1.78. The summed E-state index contributed by atoms with van der Waals surface area (Å²) >= 11 is 5.80. The van der Waals surface area contributed by atoms with Gasteiger partial charge in [0, 0.05) is 37.4 Å². The van der Waals surface area contributed by atoms with Gasteiger partial charge in [-0.05, 0) is 61.6 Å². The van der Waals surface area contributed by atoms with Crippen molar-refractivity contribution in [3.8, 4) is 5.75 Å². The first-order valence-electron chi connectivity index (χ1n) is 10.5. The number of carbonyl (C=O) groups is 1. The van der Waals surface area contributed by atoms with Crippen LogP contribution in [0.15, 0.2) is 54.7 Å². The largest absolute Gasteiger partial charge is 0.495 e. The monoisotopic (exact) mass is 465 g/mol. The van der Waals surface area contributed by atoms with E-state index in [0.717, 1.165) is 22.8 Å². The highest BCUT2D eigenvalue weighted by Gasteiger charge is 2.42. The van der Waals surface area contributed by atoms with Crippen LogP contribution in [0.2, 0.25) is 0 Å². The van der Waals surface area contributed by atoms with Crippen molar-refractivity contribution in [3.05, 3.63) is 71.8 Å². The van der Waals surface area contributed by atoms with Gasteiger partial charge in [0.1, 0.15) is 18.4 Å². The summed E-state index contributed by atoms with van der Waals surface area (Å²) in [5.74, 6) is 0.282. The minimum Gasteiger partial charge on any atom is -0.495 e. The lowest BCUT2D eigenvalue weighted by atomic mass is 10.0. The summed E-state index contributed by atoms with van der Waals surface area (Å²) < 4.78 is 12.6. The number of aromatic nitrogens is 2. The number of carbonyl (C=O) groups excluding carboxylic acids is 1. The molecule has 2 unspecified atom stereocenters. The molecule has 2 atom stereocenters. The Hall–Kier alpha value is -3.43. The first-order chi connectivity index (χ1) is 15.9. The number of benzene rings is 1. The summed E-state index contributed by atoms with van der Waals surface area (Å²) in [5, 5.41) is 6.89. The molecule has 1 saturated heterocycles. The van der Waals surface area contributed by atoms with Crippen LogP contribution in [0.4, 0.5) is 11.4 Å². The molecule has 1 aliphatic heterocycles. The fourth-order valence-electron chi connectivity index (χ4n) is 4.12. The van der Waals surface area contributed by atoms with Gasteiger partial charge in [0.25, 0.3) is 0 Å². The van der Waals surface area contributed by atoms with Crippen LogP contribution in [0.25, 0.3) is 0 Å². The number of pyridine rings is 1. The van der Waals surface area contributed by atoms with Crippen molar-refractivity contribution < 1.29 is 14.3 Å². The van der Waals surface area contributed by atoms with Gasteiger partial charge in [0.15, 0.2) is 5.11 Å². The number of aryl methyl sites for hydroxylation is 1. The molecule has 33 heavy (non-hydrogen) atoms. The zero-order valence-electron chi connectivity index (χ0n) is 19.0. The van der Waals surface area contributed by atoms with Gasteiger partial charge < -0.3 is 29.6 Å². The third kappa shape index (κ3) is 4.42. The SMILES string of the molecule is COCC(=O)Nc1cc(N2C(=S)NC(c3ccccn3)C2c2ccc(C)n2C)ccc1OC. The zero-order valence-corrected chi connectivity index (χ0v) is 19.8. The molecule has 1 aromatic carbocycles. The number of ether oxygens (including phenoxy) is 2. The lowest BCUT2D eigenvalue weighted by Gasteiger charge is -2.29. The topological polar surface area (TPSA) is 80.7 Å². The molecular formula is C24H27N5O3S. The van der Waals surface area contributed by atoms with Gasteiger partial charge in [-0.1, -0.05) is 6.07 Å². The Morgan fingerprint density at radius 3 is 2.67 bits per heavy atom. The third-order valence-electron chi connectivity index (χ3n) is 5.82. The molecule has 0 radical (unpaired) electrons. The Morgan fingerprint density at radius 2 is 2.03 bits per heavy atom. The molecule has 0 bridgehead atoms. The van der Waals surface area contributed by atoms with E-state index in [1.165, 1.54) is 7.11 Å². The van der Waals surface area contributed by atoms with Gasteiger partial charge in [0.2, 0.25) is 5.91 Å². The molecule has 1 amide bonds. The number of rotatable bonds is 7. The lowest BCUT2D eigenvalue weighted by Crippen LogP contribution is -2.30. The Kier molecular flexibility index (Phi) is 6.62. The molecule has 2 N–H and O–H groups in total. The number of hydrogen-bond acceptors (Lipinski definition) is 5. The predicted molar refractivity (Wildman–Crippen MR) is 132 cm³/mol. The molecule has 4 rings (SSSR count). The van der Waals surface area contributed by atoms with Gasteiger partial charge in [-0.15, -0.1) is 0 Å². The van der Waals surface area contributed by atoms with Crippen molar-refractivity contribution in [1.82, 2.24) is 14.9 Å².